The molecular weight excluding hydrogens is 234 g/mol. The quantitative estimate of drug-likeness (QED) is 0.687. The number of amides is 1. The Bertz CT molecular complexity index is 302. The van der Waals surface area contributed by atoms with E-state index < -0.39 is 0 Å². The van der Waals surface area contributed by atoms with E-state index in [1.807, 2.05) is 11.8 Å². The minimum Gasteiger partial charge on any atom is -0.360 e. The molecule has 1 heterocycles. The largest absolute Gasteiger partial charge is 0.360 e. The molecule has 1 unspecified atom stereocenters. The number of carbonyl (C=O) groups excluding carboxylic acids is 1. The van der Waals surface area contributed by atoms with Gasteiger partial charge in [0, 0.05) is 19.1 Å². The predicted octanol–water partition coefficient (Wildman–Crippen LogP) is 1.01. The second kappa shape index (κ2) is 5.67. The monoisotopic (exact) mass is 255 g/mol. The van der Waals surface area contributed by atoms with Crippen LogP contribution in [0.2, 0.25) is 0 Å². The van der Waals surface area contributed by atoms with Crippen molar-refractivity contribution >= 4 is 23.2 Å². The van der Waals surface area contributed by atoms with Crippen molar-refractivity contribution in [1.29, 1.82) is 0 Å². The fraction of sp³-hybridized carbons (Fsp3) is 0.833. The summed E-state index contributed by atoms with van der Waals surface area (Å²) in [5.74, 6) is 0.0732. The Morgan fingerprint density at radius 2 is 2.12 bits per heavy atom. The number of nitrogens with zero attached hydrogens (tertiary/aromatic N) is 1. The number of piperazine rings is 1. The normalized spacial score (nSPS) is 26.5. The molecule has 0 aromatic heterocycles. The van der Waals surface area contributed by atoms with E-state index >= 15 is 0 Å². The van der Waals surface area contributed by atoms with Gasteiger partial charge in [-0.15, -0.1) is 0 Å². The molecule has 2 N–H and O–H groups in total. The van der Waals surface area contributed by atoms with Crippen molar-refractivity contribution in [2.24, 2.45) is 0 Å². The van der Waals surface area contributed by atoms with E-state index in [1.54, 1.807) is 0 Å². The number of carbonyl (C=O) groups is 1. The number of nitrogens with one attached hydrogen (secondary N) is 2. The summed E-state index contributed by atoms with van der Waals surface area (Å²) in [5.41, 5.74) is 0. The summed E-state index contributed by atoms with van der Waals surface area (Å²) < 4.78 is 0. The molecule has 1 atom stereocenters. The third-order valence-corrected chi connectivity index (χ3v) is 4.04. The van der Waals surface area contributed by atoms with Crippen molar-refractivity contribution in [3.8, 4) is 0 Å². The Kier molecular flexibility index (Phi) is 4.20. The highest BCUT2D eigenvalue weighted by Crippen LogP contribution is 2.18. The first-order valence-corrected chi connectivity index (χ1v) is 6.94. The second-order valence-electron chi connectivity index (χ2n) is 4.94. The zero-order chi connectivity index (χ0) is 12.3. The molecule has 5 heteroatoms. The zero-order valence-corrected chi connectivity index (χ0v) is 11.2. The molecule has 1 aliphatic carbocycles. The molecule has 1 amide bonds. The van der Waals surface area contributed by atoms with Gasteiger partial charge in [0.15, 0.2) is 5.11 Å². The van der Waals surface area contributed by atoms with Crippen LogP contribution in [-0.4, -0.2) is 41.1 Å². The Labute approximate surface area is 108 Å². The Balaban J connectivity index is 1.87. The van der Waals surface area contributed by atoms with Crippen molar-refractivity contribution in [1.82, 2.24) is 15.5 Å². The molecule has 0 spiro atoms. The van der Waals surface area contributed by atoms with Crippen LogP contribution in [0.25, 0.3) is 0 Å². The SMILES string of the molecule is CC1C(=O)NCCN1C(=S)NC1CCCCC1. The van der Waals surface area contributed by atoms with Crippen LogP contribution >= 0.6 is 12.2 Å². The van der Waals surface area contributed by atoms with Gasteiger partial charge >= 0.3 is 0 Å². The Morgan fingerprint density at radius 1 is 1.41 bits per heavy atom. The van der Waals surface area contributed by atoms with Crippen LogP contribution < -0.4 is 10.6 Å². The lowest BCUT2D eigenvalue weighted by Crippen LogP contribution is -2.59. The van der Waals surface area contributed by atoms with E-state index in [4.69, 9.17) is 12.2 Å². The fourth-order valence-electron chi connectivity index (χ4n) is 2.56. The highest BCUT2D eigenvalue weighted by Gasteiger charge is 2.28. The van der Waals surface area contributed by atoms with Crippen LogP contribution in [0.4, 0.5) is 0 Å². The molecule has 4 nitrogen and oxygen atoms in total. The van der Waals surface area contributed by atoms with Gasteiger partial charge in [-0.1, -0.05) is 19.3 Å². The summed E-state index contributed by atoms with van der Waals surface area (Å²) in [5, 5.41) is 7.02. The molecule has 0 radical (unpaired) electrons. The molecule has 0 aromatic carbocycles. The second-order valence-corrected chi connectivity index (χ2v) is 5.33. The first kappa shape index (κ1) is 12.6. The van der Waals surface area contributed by atoms with Gasteiger partial charge in [0.05, 0.1) is 0 Å². The highest BCUT2D eigenvalue weighted by atomic mass is 32.1. The lowest BCUT2D eigenvalue weighted by atomic mass is 9.96. The summed E-state index contributed by atoms with van der Waals surface area (Å²) in [7, 11) is 0. The Morgan fingerprint density at radius 3 is 2.82 bits per heavy atom. The van der Waals surface area contributed by atoms with E-state index in [-0.39, 0.29) is 11.9 Å². The van der Waals surface area contributed by atoms with Crippen LogP contribution in [0.1, 0.15) is 39.0 Å². The van der Waals surface area contributed by atoms with Crippen molar-refractivity contribution in [3.05, 3.63) is 0 Å². The third kappa shape index (κ3) is 3.09. The van der Waals surface area contributed by atoms with Crippen LogP contribution in [-0.2, 0) is 4.79 Å². The molecule has 17 heavy (non-hydrogen) atoms. The minimum atomic E-state index is -0.146. The number of hydrogen-bond donors (Lipinski definition) is 2. The van der Waals surface area contributed by atoms with Gasteiger partial charge in [-0.25, -0.2) is 0 Å². The van der Waals surface area contributed by atoms with E-state index in [1.165, 1.54) is 32.1 Å². The molecule has 1 aliphatic heterocycles. The fourth-order valence-corrected chi connectivity index (χ4v) is 2.98. The summed E-state index contributed by atoms with van der Waals surface area (Å²) in [6.45, 7) is 3.41. The van der Waals surface area contributed by atoms with E-state index in [0.29, 0.717) is 12.6 Å². The number of thiocarbonyl (C=S) groups is 1. The molecule has 96 valence electrons. The van der Waals surface area contributed by atoms with Crippen LogP contribution in [0, 0.1) is 0 Å². The van der Waals surface area contributed by atoms with Crippen LogP contribution in [0.3, 0.4) is 0 Å². The average Bonchev–Trinajstić information content (AvgIpc) is 2.34. The summed E-state index contributed by atoms with van der Waals surface area (Å²) in [4.78, 5) is 13.6. The Hall–Kier alpha value is -0.840. The van der Waals surface area contributed by atoms with Gasteiger partial charge in [-0.05, 0) is 32.0 Å². The summed E-state index contributed by atoms with van der Waals surface area (Å²) in [6, 6.07) is 0.362. The molecule has 2 aliphatic rings. The highest BCUT2D eigenvalue weighted by molar-refractivity contribution is 7.80. The first-order valence-electron chi connectivity index (χ1n) is 6.53. The standard InChI is InChI=1S/C12H21N3OS/c1-9-11(16)13-7-8-15(9)12(17)14-10-5-3-2-4-6-10/h9-10H,2-8H2,1H3,(H,13,16)(H,14,17). The maximum atomic E-state index is 11.6. The van der Waals surface area contributed by atoms with Crippen LogP contribution in [0.15, 0.2) is 0 Å². The number of rotatable bonds is 1. The van der Waals surface area contributed by atoms with E-state index in [2.05, 4.69) is 10.6 Å². The molecule has 1 saturated carbocycles. The smallest absolute Gasteiger partial charge is 0.242 e. The minimum absolute atomic E-state index is 0.0732. The van der Waals surface area contributed by atoms with Crippen molar-refractivity contribution < 1.29 is 4.79 Å². The molecule has 0 bridgehead atoms. The molecular formula is C12H21N3OS. The van der Waals surface area contributed by atoms with Gasteiger partial charge in [-0.2, -0.15) is 0 Å². The third-order valence-electron chi connectivity index (χ3n) is 3.69. The van der Waals surface area contributed by atoms with Crippen molar-refractivity contribution in [3.63, 3.8) is 0 Å². The lowest BCUT2D eigenvalue weighted by Gasteiger charge is -2.37. The molecule has 2 fully saturated rings. The van der Waals surface area contributed by atoms with Gasteiger partial charge in [0.1, 0.15) is 6.04 Å². The average molecular weight is 255 g/mol. The predicted molar refractivity (Wildman–Crippen MR) is 71.8 cm³/mol. The molecule has 2 rings (SSSR count). The van der Waals surface area contributed by atoms with E-state index in [9.17, 15) is 4.79 Å². The summed E-state index contributed by atoms with van der Waals surface area (Å²) >= 11 is 5.42. The van der Waals surface area contributed by atoms with Gasteiger partial charge < -0.3 is 15.5 Å². The molecule has 0 aromatic rings. The van der Waals surface area contributed by atoms with Gasteiger partial charge in [0.2, 0.25) is 5.91 Å². The topological polar surface area (TPSA) is 44.4 Å². The maximum Gasteiger partial charge on any atom is 0.242 e. The van der Waals surface area contributed by atoms with Crippen molar-refractivity contribution in [2.45, 2.75) is 51.1 Å². The zero-order valence-electron chi connectivity index (χ0n) is 10.4. The van der Waals surface area contributed by atoms with Crippen LogP contribution in [0.5, 0.6) is 0 Å². The maximum absolute atomic E-state index is 11.6. The van der Waals surface area contributed by atoms with Gasteiger partial charge in [-0.3, -0.25) is 4.79 Å². The summed E-state index contributed by atoms with van der Waals surface area (Å²) in [6.07, 6.45) is 6.32. The van der Waals surface area contributed by atoms with E-state index in [0.717, 1.165) is 11.7 Å². The van der Waals surface area contributed by atoms with Gasteiger partial charge in [0.25, 0.3) is 0 Å². The van der Waals surface area contributed by atoms with Crippen molar-refractivity contribution in [2.75, 3.05) is 13.1 Å². The molecule has 1 saturated heterocycles. The number of hydrogen-bond acceptors (Lipinski definition) is 2. The first-order chi connectivity index (χ1) is 8.18. The lowest BCUT2D eigenvalue weighted by molar-refractivity contribution is -0.126.